The van der Waals surface area contributed by atoms with Crippen molar-refractivity contribution in [3.63, 3.8) is 0 Å². The smallest absolute Gasteiger partial charge is 0.193 e. The topological polar surface area (TPSA) is 30.9 Å². The average molecular weight is 383 g/mol. The molecule has 4 nitrogen and oxygen atoms in total. The molecule has 1 fully saturated rings. The molecule has 2 aromatic rings. The molecule has 4 rings (SSSR count). The second kappa shape index (κ2) is 8.89. The second-order valence-corrected chi connectivity index (χ2v) is 8.72. The third-order valence-corrected chi connectivity index (χ3v) is 6.61. The second-order valence-electron chi connectivity index (χ2n) is 7.69. The summed E-state index contributed by atoms with van der Waals surface area (Å²) in [7, 11) is 1.91. The fourth-order valence-electron chi connectivity index (χ4n) is 4.33. The standard InChI is InChI=1S/C22H30N4S/c1-23-22(26-12-10-19-7-2-3-8-20(19)16-26)24-14-18-6-4-11-25(15-18)17-21-9-5-13-27-21/h2-3,5,7-9,13,18H,4,6,10-12,14-17H2,1H3,(H,23,24). The Morgan fingerprint density at radius 2 is 2.07 bits per heavy atom. The SMILES string of the molecule is CN=C(NCC1CCCN(Cc2cccs2)C1)N1CCc2ccccc2C1. The molecule has 0 aliphatic carbocycles. The maximum Gasteiger partial charge on any atom is 0.193 e. The highest BCUT2D eigenvalue weighted by atomic mass is 32.1. The molecule has 1 aromatic heterocycles. The van der Waals surface area contributed by atoms with E-state index in [1.165, 1.54) is 41.9 Å². The van der Waals surface area contributed by atoms with E-state index in [1.54, 1.807) is 0 Å². The van der Waals surface area contributed by atoms with E-state index < -0.39 is 0 Å². The molecule has 1 saturated heterocycles. The number of nitrogens with zero attached hydrogens (tertiary/aromatic N) is 3. The van der Waals surface area contributed by atoms with E-state index in [0.29, 0.717) is 5.92 Å². The lowest BCUT2D eigenvalue weighted by atomic mass is 9.98. The van der Waals surface area contributed by atoms with Gasteiger partial charge < -0.3 is 10.2 Å². The van der Waals surface area contributed by atoms with E-state index in [2.05, 4.69) is 61.9 Å². The predicted octanol–water partition coefficient (Wildman–Crippen LogP) is 3.59. The van der Waals surface area contributed by atoms with Crippen molar-refractivity contribution in [2.45, 2.75) is 32.4 Å². The first-order valence-corrected chi connectivity index (χ1v) is 11.0. The van der Waals surface area contributed by atoms with Crippen LogP contribution in [0, 0.1) is 5.92 Å². The summed E-state index contributed by atoms with van der Waals surface area (Å²) in [6, 6.07) is 13.2. The molecule has 1 unspecified atom stereocenters. The summed E-state index contributed by atoms with van der Waals surface area (Å²) < 4.78 is 0. The van der Waals surface area contributed by atoms with Crippen LogP contribution >= 0.6 is 11.3 Å². The molecular formula is C22H30N4S. The number of rotatable bonds is 4. The molecule has 1 aromatic carbocycles. The van der Waals surface area contributed by atoms with Gasteiger partial charge in [-0.3, -0.25) is 9.89 Å². The van der Waals surface area contributed by atoms with Crippen LogP contribution in [-0.2, 0) is 19.5 Å². The molecule has 5 heteroatoms. The van der Waals surface area contributed by atoms with Gasteiger partial charge in [0.05, 0.1) is 0 Å². The zero-order chi connectivity index (χ0) is 18.5. The molecule has 0 radical (unpaired) electrons. The first-order valence-electron chi connectivity index (χ1n) is 10.1. The third-order valence-electron chi connectivity index (χ3n) is 5.75. The monoisotopic (exact) mass is 382 g/mol. The van der Waals surface area contributed by atoms with Gasteiger partial charge in [0, 0.05) is 44.6 Å². The van der Waals surface area contributed by atoms with Crippen molar-refractivity contribution in [2.75, 3.05) is 33.2 Å². The van der Waals surface area contributed by atoms with Crippen LogP contribution in [0.5, 0.6) is 0 Å². The van der Waals surface area contributed by atoms with Crippen molar-refractivity contribution in [1.29, 1.82) is 0 Å². The van der Waals surface area contributed by atoms with Crippen molar-refractivity contribution in [1.82, 2.24) is 15.1 Å². The van der Waals surface area contributed by atoms with Crippen LogP contribution < -0.4 is 5.32 Å². The Bertz CT molecular complexity index is 755. The maximum atomic E-state index is 4.57. The molecule has 0 spiro atoms. The lowest BCUT2D eigenvalue weighted by molar-refractivity contribution is 0.169. The average Bonchev–Trinajstić information content (AvgIpc) is 3.22. The summed E-state index contributed by atoms with van der Waals surface area (Å²) in [5, 5.41) is 5.85. The van der Waals surface area contributed by atoms with Crippen LogP contribution in [-0.4, -0.2) is 49.0 Å². The molecule has 144 valence electrons. The number of thiophene rings is 1. The Hall–Kier alpha value is -1.85. The summed E-state index contributed by atoms with van der Waals surface area (Å²) in [6.45, 7) is 6.55. The molecule has 0 amide bonds. The molecular weight excluding hydrogens is 352 g/mol. The first kappa shape index (κ1) is 18.5. The Labute approximate surface area is 166 Å². The molecule has 1 atom stereocenters. The Morgan fingerprint density at radius 1 is 1.19 bits per heavy atom. The Kier molecular flexibility index (Phi) is 6.10. The van der Waals surface area contributed by atoms with E-state index in [9.17, 15) is 0 Å². The van der Waals surface area contributed by atoms with E-state index >= 15 is 0 Å². The number of piperidine rings is 1. The van der Waals surface area contributed by atoms with Gasteiger partial charge in [0.1, 0.15) is 0 Å². The lowest BCUT2D eigenvalue weighted by Gasteiger charge is -2.35. The van der Waals surface area contributed by atoms with Crippen molar-refractivity contribution < 1.29 is 0 Å². The van der Waals surface area contributed by atoms with Gasteiger partial charge in [-0.05, 0) is 54.3 Å². The number of hydrogen-bond acceptors (Lipinski definition) is 3. The van der Waals surface area contributed by atoms with Gasteiger partial charge in [-0.15, -0.1) is 11.3 Å². The van der Waals surface area contributed by atoms with Gasteiger partial charge in [-0.2, -0.15) is 0 Å². The number of fused-ring (bicyclic) bond motifs is 1. The van der Waals surface area contributed by atoms with E-state index in [0.717, 1.165) is 38.6 Å². The molecule has 2 aliphatic rings. The largest absolute Gasteiger partial charge is 0.356 e. The first-order chi connectivity index (χ1) is 13.3. The van der Waals surface area contributed by atoms with Crippen LogP contribution in [0.3, 0.4) is 0 Å². The molecule has 27 heavy (non-hydrogen) atoms. The summed E-state index contributed by atoms with van der Waals surface area (Å²) in [4.78, 5) is 11.1. The number of nitrogens with one attached hydrogen (secondary N) is 1. The highest BCUT2D eigenvalue weighted by Crippen LogP contribution is 2.21. The fourth-order valence-corrected chi connectivity index (χ4v) is 5.08. The minimum absolute atomic E-state index is 0.701. The van der Waals surface area contributed by atoms with Gasteiger partial charge in [-0.1, -0.05) is 30.3 Å². The fraction of sp³-hybridized carbons (Fsp3) is 0.500. The van der Waals surface area contributed by atoms with Gasteiger partial charge in [0.25, 0.3) is 0 Å². The van der Waals surface area contributed by atoms with Crippen molar-refractivity contribution in [2.24, 2.45) is 10.9 Å². The van der Waals surface area contributed by atoms with Gasteiger partial charge >= 0.3 is 0 Å². The van der Waals surface area contributed by atoms with Crippen LogP contribution in [0.1, 0.15) is 28.8 Å². The van der Waals surface area contributed by atoms with Crippen molar-refractivity contribution >= 4 is 17.3 Å². The quantitative estimate of drug-likeness (QED) is 0.648. The van der Waals surface area contributed by atoms with Crippen molar-refractivity contribution in [3.05, 3.63) is 57.8 Å². The zero-order valence-electron chi connectivity index (χ0n) is 16.2. The molecule has 1 N–H and O–H groups in total. The minimum atomic E-state index is 0.701. The van der Waals surface area contributed by atoms with Crippen molar-refractivity contribution in [3.8, 4) is 0 Å². The number of benzene rings is 1. The highest BCUT2D eigenvalue weighted by molar-refractivity contribution is 7.09. The van der Waals surface area contributed by atoms with Crippen LogP contribution in [0.15, 0.2) is 46.8 Å². The summed E-state index contributed by atoms with van der Waals surface area (Å²) >= 11 is 1.87. The molecule has 3 heterocycles. The minimum Gasteiger partial charge on any atom is -0.356 e. The number of hydrogen-bond donors (Lipinski definition) is 1. The summed E-state index contributed by atoms with van der Waals surface area (Å²) in [5.41, 5.74) is 2.92. The van der Waals surface area contributed by atoms with E-state index in [4.69, 9.17) is 0 Å². The maximum absolute atomic E-state index is 4.57. The highest BCUT2D eigenvalue weighted by Gasteiger charge is 2.23. The Morgan fingerprint density at radius 3 is 2.89 bits per heavy atom. The predicted molar refractivity (Wildman–Crippen MR) is 114 cm³/mol. The summed E-state index contributed by atoms with van der Waals surface area (Å²) in [5.74, 6) is 1.76. The third kappa shape index (κ3) is 4.71. The molecule has 0 saturated carbocycles. The van der Waals surface area contributed by atoms with Crippen LogP contribution in [0.25, 0.3) is 0 Å². The van der Waals surface area contributed by atoms with Gasteiger partial charge in [-0.25, -0.2) is 0 Å². The van der Waals surface area contributed by atoms with Crippen LogP contribution in [0.4, 0.5) is 0 Å². The Balaban J connectivity index is 1.29. The van der Waals surface area contributed by atoms with E-state index in [-0.39, 0.29) is 0 Å². The normalized spacial score (nSPS) is 21.1. The van der Waals surface area contributed by atoms with Crippen LogP contribution in [0.2, 0.25) is 0 Å². The van der Waals surface area contributed by atoms with E-state index in [1.807, 2.05) is 18.4 Å². The van der Waals surface area contributed by atoms with Gasteiger partial charge in [0.2, 0.25) is 0 Å². The zero-order valence-corrected chi connectivity index (χ0v) is 17.0. The molecule has 0 bridgehead atoms. The molecule has 2 aliphatic heterocycles. The summed E-state index contributed by atoms with van der Waals surface area (Å²) in [6.07, 6.45) is 3.72. The van der Waals surface area contributed by atoms with Gasteiger partial charge in [0.15, 0.2) is 5.96 Å². The lowest BCUT2D eigenvalue weighted by Crippen LogP contribution is -2.47. The number of aliphatic imine (C=N–C) groups is 1. The number of likely N-dealkylation sites (tertiary alicyclic amines) is 1. The number of guanidine groups is 1.